The molecule has 0 saturated carbocycles. The number of amides is 1. The number of thiocyanates is 1. The number of hydrogen-bond donors (Lipinski definition) is 1. The summed E-state index contributed by atoms with van der Waals surface area (Å²) in [6.07, 6.45) is 0.0182. The largest absolute Gasteiger partial charge is 0.462 e. The van der Waals surface area contributed by atoms with Crippen molar-refractivity contribution in [1.29, 1.82) is 5.26 Å². The lowest BCUT2D eigenvalue weighted by Gasteiger charge is -2.09. The average Bonchev–Trinajstić information content (AvgIpc) is 2.98. The number of rotatable bonds is 8. The van der Waals surface area contributed by atoms with Crippen LogP contribution in [0.2, 0.25) is 0 Å². The maximum absolute atomic E-state index is 12.5. The van der Waals surface area contributed by atoms with E-state index >= 15 is 0 Å². The van der Waals surface area contributed by atoms with Crippen molar-refractivity contribution in [2.75, 3.05) is 11.9 Å². The quantitative estimate of drug-likeness (QED) is 0.353. The molecule has 0 unspecified atom stereocenters. The van der Waals surface area contributed by atoms with Crippen molar-refractivity contribution in [3.05, 3.63) is 40.3 Å². The Morgan fingerprint density at radius 1 is 1.27 bits per heavy atom. The van der Waals surface area contributed by atoms with Crippen molar-refractivity contribution in [2.24, 2.45) is 0 Å². The van der Waals surface area contributed by atoms with Crippen LogP contribution in [0.3, 0.4) is 0 Å². The van der Waals surface area contributed by atoms with E-state index in [1.165, 1.54) is 12.1 Å². The SMILES string of the molecule is CCOC(=O)c1sc(NC(=O)Cc2ccc(S(=O)(=O)C(C)C)cc2)c(SC#N)c1C. The summed E-state index contributed by atoms with van der Waals surface area (Å²) in [5.41, 5.74) is 1.23. The monoisotopic (exact) mass is 466 g/mol. The Morgan fingerprint density at radius 2 is 1.90 bits per heavy atom. The van der Waals surface area contributed by atoms with E-state index in [2.05, 4.69) is 5.32 Å². The number of thioether (sulfide) groups is 1. The predicted molar refractivity (Wildman–Crippen MR) is 118 cm³/mol. The van der Waals surface area contributed by atoms with Gasteiger partial charge in [0.25, 0.3) is 0 Å². The first-order valence-corrected chi connectivity index (χ1v) is 12.3. The van der Waals surface area contributed by atoms with Crippen LogP contribution < -0.4 is 5.32 Å². The van der Waals surface area contributed by atoms with E-state index in [1.807, 2.05) is 5.40 Å². The molecule has 0 bridgehead atoms. The zero-order valence-corrected chi connectivity index (χ0v) is 19.5. The van der Waals surface area contributed by atoms with Gasteiger partial charge in [0.1, 0.15) is 15.3 Å². The van der Waals surface area contributed by atoms with Crippen LogP contribution in [0.15, 0.2) is 34.1 Å². The van der Waals surface area contributed by atoms with E-state index in [1.54, 1.807) is 39.8 Å². The molecule has 1 N–H and O–H groups in total. The number of sulfone groups is 1. The number of carbonyl (C=O) groups is 2. The van der Waals surface area contributed by atoms with Crippen LogP contribution in [0, 0.1) is 17.6 Å². The lowest BCUT2D eigenvalue weighted by molar-refractivity contribution is -0.115. The summed E-state index contributed by atoms with van der Waals surface area (Å²) in [7, 11) is -3.37. The Balaban J connectivity index is 2.19. The Kier molecular flexibility index (Phi) is 8.06. The molecule has 10 heteroatoms. The van der Waals surface area contributed by atoms with E-state index in [4.69, 9.17) is 10.00 Å². The van der Waals surface area contributed by atoms with Crippen LogP contribution in [0.25, 0.3) is 0 Å². The number of benzene rings is 1. The maximum Gasteiger partial charge on any atom is 0.348 e. The molecule has 160 valence electrons. The zero-order chi connectivity index (χ0) is 22.5. The minimum Gasteiger partial charge on any atom is -0.462 e. The fourth-order valence-corrected chi connectivity index (χ4v) is 5.44. The smallest absolute Gasteiger partial charge is 0.348 e. The summed E-state index contributed by atoms with van der Waals surface area (Å²) in [5.74, 6) is -0.840. The molecular weight excluding hydrogens is 444 g/mol. The molecule has 30 heavy (non-hydrogen) atoms. The van der Waals surface area contributed by atoms with Crippen molar-refractivity contribution in [3.8, 4) is 5.40 Å². The number of hydrogen-bond acceptors (Lipinski definition) is 8. The Morgan fingerprint density at radius 3 is 2.43 bits per heavy atom. The number of anilines is 1. The number of carbonyl (C=O) groups excluding carboxylic acids is 2. The highest BCUT2D eigenvalue weighted by Crippen LogP contribution is 2.40. The van der Waals surface area contributed by atoms with E-state index in [-0.39, 0.29) is 23.8 Å². The van der Waals surface area contributed by atoms with Crippen molar-refractivity contribution in [3.63, 3.8) is 0 Å². The lowest BCUT2D eigenvalue weighted by Crippen LogP contribution is -2.15. The van der Waals surface area contributed by atoms with E-state index in [0.717, 1.165) is 23.1 Å². The van der Waals surface area contributed by atoms with E-state index < -0.39 is 21.1 Å². The van der Waals surface area contributed by atoms with Gasteiger partial charge in [0, 0.05) is 0 Å². The summed E-state index contributed by atoms with van der Waals surface area (Å²) >= 11 is 1.93. The molecule has 0 aliphatic rings. The van der Waals surface area contributed by atoms with Gasteiger partial charge in [0.15, 0.2) is 9.84 Å². The molecule has 1 aromatic heterocycles. The maximum atomic E-state index is 12.5. The second kappa shape index (κ2) is 10.1. The van der Waals surface area contributed by atoms with Gasteiger partial charge < -0.3 is 10.1 Å². The molecule has 0 fully saturated rings. The predicted octanol–water partition coefficient (Wildman–Crippen LogP) is 4.17. The average molecular weight is 467 g/mol. The number of esters is 1. The van der Waals surface area contributed by atoms with Gasteiger partial charge in [0.2, 0.25) is 5.91 Å². The lowest BCUT2D eigenvalue weighted by atomic mass is 10.1. The first kappa shape index (κ1) is 23.9. The molecule has 7 nitrogen and oxygen atoms in total. The second-order valence-electron chi connectivity index (χ2n) is 6.59. The Bertz CT molecular complexity index is 1080. The van der Waals surface area contributed by atoms with Gasteiger partial charge in [-0.05, 0) is 62.7 Å². The van der Waals surface area contributed by atoms with Gasteiger partial charge in [0.05, 0.1) is 28.1 Å². The van der Waals surface area contributed by atoms with Crippen molar-refractivity contribution >= 4 is 49.8 Å². The number of nitrogens with zero attached hydrogens (tertiary/aromatic N) is 1. The normalized spacial score (nSPS) is 11.2. The first-order chi connectivity index (χ1) is 14.1. The third kappa shape index (κ3) is 5.41. The van der Waals surface area contributed by atoms with Crippen LogP contribution in [0.1, 0.15) is 41.6 Å². The van der Waals surface area contributed by atoms with Gasteiger partial charge in [-0.3, -0.25) is 4.79 Å². The number of nitrogens with one attached hydrogen (secondary N) is 1. The van der Waals surface area contributed by atoms with Gasteiger partial charge >= 0.3 is 5.97 Å². The minimum absolute atomic E-state index is 0.0182. The zero-order valence-electron chi connectivity index (χ0n) is 17.0. The molecule has 1 amide bonds. The van der Waals surface area contributed by atoms with Crippen LogP contribution >= 0.6 is 23.1 Å². The van der Waals surface area contributed by atoms with E-state index in [9.17, 15) is 18.0 Å². The Labute approximate surface area is 184 Å². The molecule has 0 aliphatic carbocycles. The highest BCUT2D eigenvalue weighted by molar-refractivity contribution is 8.04. The molecule has 0 aliphatic heterocycles. The van der Waals surface area contributed by atoms with Crippen molar-refractivity contribution in [2.45, 2.75) is 49.2 Å². The molecule has 0 spiro atoms. The molecule has 1 aromatic carbocycles. The van der Waals surface area contributed by atoms with Gasteiger partial charge in [-0.25, -0.2) is 13.2 Å². The highest BCUT2D eigenvalue weighted by Gasteiger charge is 2.23. The fourth-order valence-electron chi connectivity index (χ4n) is 2.57. The summed E-state index contributed by atoms with van der Waals surface area (Å²) in [4.78, 5) is 25.7. The molecule has 1 heterocycles. The molecule has 0 saturated heterocycles. The fraction of sp³-hybridized carbons (Fsp3) is 0.350. The molecule has 0 atom stereocenters. The van der Waals surface area contributed by atoms with Crippen LogP contribution in [0.4, 0.5) is 5.00 Å². The number of nitriles is 1. The van der Waals surface area contributed by atoms with Crippen molar-refractivity contribution in [1.82, 2.24) is 0 Å². The Hall–Kier alpha value is -2.35. The molecular formula is C20H22N2O5S3. The summed E-state index contributed by atoms with van der Waals surface area (Å²) in [6, 6.07) is 6.18. The standard InChI is InChI=1S/C20H22N2O5S3/c1-5-27-20(24)18-13(4)17(28-11-21)19(29-18)22-16(23)10-14-6-8-15(9-7-14)30(25,26)12(2)3/h6-9,12H,5,10H2,1-4H3,(H,22,23). The van der Waals surface area contributed by atoms with E-state index in [0.29, 0.717) is 25.9 Å². The molecule has 2 aromatic rings. The first-order valence-electron chi connectivity index (χ1n) is 9.10. The van der Waals surface area contributed by atoms with Gasteiger partial charge in [-0.2, -0.15) is 5.26 Å². The molecule has 2 rings (SSSR count). The highest BCUT2D eigenvalue weighted by atomic mass is 32.2. The van der Waals surface area contributed by atoms with Crippen LogP contribution in [0.5, 0.6) is 0 Å². The van der Waals surface area contributed by atoms with Crippen molar-refractivity contribution < 1.29 is 22.7 Å². The van der Waals surface area contributed by atoms with Crippen LogP contribution in [-0.2, 0) is 25.8 Å². The second-order valence-corrected chi connectivity index (χ2v) is 10.9. The third-order valence-corrected chi connectivity index (χ3v) is 8.48. The summed E-state index contributed by atoms with van der Waals surface area (Å²) in [5, 5.41) is 13.7. The van der Waals surface area contributed by atoms with Gasteiger partial charge in [-0.1, -0.05) is 12.1 Å². The number of ether oxygens (including phenoxy) is 1. The summed E-state index contributed by atoms with van der Waals surface area (Å²) < 4.78 is 29.4. The van der Waals surface area contributed by atoms with Crippen LogP contribution in [-0.4, -0.2) is 32.2 Å². The molecule has 0 radical (unpaired) electrons. The number of thiophene rings is 1. The summed E-state index contributed by atoms with van der Waals surface area (Å²) in [6.45, 7) is 6.85. The van der Waals surface area contributed by atoms with Gasteiger partial charge in [-0.15, -0.1) is 11.3 Å². The third-order valence-electron chi connectivity index (χ3n) is 4.19. The minimum atomic E-state index is -3.37. The topological polar surface area (TPSA) is 113 Å².